The predicted molar refractivity (Wildman–Crippen MR) is 82.1 cm³/mol. The van der Waals surface area contributed by atoms with Crippen molar-refractivity contribution >= 4 is 41.8 Å². The van der Waals surface area contributed by atoms with Crippen molar-refractivity contribution in [2.24, 2.45) is 0 Å². The van der Waals surface area contributed by atoms with E-state index in [2.05, 4.69) is 22.2 Å². The Hall–Kier alpha value is -1.30. The number of halogens is 2. The third-order valence-electron chi connectivity index (χ3n) is 3.63. The van der Waals surface area contributed by atoms with Crippen LogP contribution in [0.3, 0.4) is 0 Å². The molecule has 3 rings (SSSR count). The molecule has 1 aromatic carbocycles. The fourth-order valence-corrected chi connectivity index (χ4v) is 2.56. The van der Waals surface area contributed by atoms with Gasteiger partial charge >= 0.3 is 5.97 Å². The van der Waals surface area contributed by atoms with Crippen molar-refractivity contribution < 1.29 is 9.90 Å². The molecule has 1 aliphatic rings. The highest BCUT2D eigenvalue weighted by molar-refractivity contribution is 6.00. The Morgan fingerprint density at radius 3 is 2.75 bits per heavy atom. The zero-order valence-electron chi connectivity index (χ0n) is 11.0. The summed E-state index contributed by atoms with van der Waals surface area (Å²) in [5, 5.41) is 12.6. The number of carbonyl (C=O) groups is 1. The van der Waals surface area contributed by atoms with Crippen LogP contribution in [0.4, 0.5) is 0 Å². The van der Waals surface area contributed by atoms with Gasteiger partial charge in [-0.3, -0.25) is 0 Å². The summed E-state index contributed by atoms with van der Waals surface area (Å²) in [6.07, 6.45) is 2.12. The van der Waals surface area contributed by atoms with Gasteiger partial charge in [-0.15, -0.1) is 24.8 Å². The smallest absolute Gasteiger partial charge is 0.337 e. The first-order valence-corrected chi connectivity index (χ1v) is 6.08. The average molecular weight is 318 g/mol. The first-order valence-electron chi connectivity index (χ1n) is 6.08. The lowest BCUT2D eigenvalue weighted by Crippen LogP contribution is -2.34. The second-order valence-corrected chi connectivity index (χ2v) is 4.95. The van der Waals surface area contributed by atoms with Crippen LogP contribution in [0.2, 0.25) is 0 Å². The van der Waals surface area contributed by atoms with Gasteiger partial charge < -0.3 is 15.4 Å². The molecule has 0 unspecified atom stereocenters. The number of carboxylic acid groups (broad SMARTS) is 1. The Morgan fingerprint density at radius 1 is 1.40 bits per heavy atom. The molecule has 0 amide bonds. The van der Waals surface area contributed by atoms with E-state index in [1.807, 2.05) is 6.07 Å². The molecule has 0 radical (unpaired) electrons. The van der Waals surface area contributed by atoms with Crippen LogP contribution in [0.15, 0.2) is 18.2 Å². The minimum absolute atomic E-state index is 0. The minimum Gasteiger partial charge on any atom is -0.478 e. The predicted octanol–water partition coefficient (Wildman–Crippen LogP) is 2.70. The quantitative estimate of drug-likeness (QED) is 0.795. The van der Waals surface area contributed by atoms with Crippen LogP contribution in [0.1, 0.15) is 35.9 Å². The molecule has 1 aliphatic heterocycles. The fraction of sp³-hybridized carbons (Fsp3) is 0.385. The molecular weight excluding hydrogens is 301 g/mol. The summed E-state index contributed by atoms with van der Waals surface area (Å²) in [4.78, 5) is 18.9. The number of carboxylic acids is 1. The zero-order valence-corrected chi connectivity index (χ0v) is 12.6. The van der Waals surface area contributed by atoms with Gasteiger partial charge in [0.2, 0.25) is 0 Å². The number of benzene rings is 1. The molecule has 2 aromatic rings. The second kappa shape index (κ2) is 5.99. The topological polar surface area (TPSA) is 78.0 Å². The van der Waals surface area contributed by atoms with Crippen LogP contribution < -0.4 is 5.32 Å². The number of aromatic amines is 1. The van der Waals surface area contributed by atoms with Gasteiger partial charge in [-0.25, -0.2) is 9.78 Å². The molecule has 20 heavy (non-hydrogen) atoms. The van der Waals surface area contributed by atoms with E-state index in [-0.39, 0.29) is 35.9 Å². The van der Waals surface area contributed by atoms with Crippen molar-refractivity contribution in [2.45, 2.75) is 25.3 Å². The number of para-hydroxylation sites is 1. The summed E-state index contributed by atoms with van der Waals surface area (Å²) in [7, 11) is 0. The molecule has 1 saturated heterocycles. The number of rotatable bonds is 2. The van der Waals surface area contributed by atoms with Crippen LogP contribution in [0.5, 0.6) is 0 Å². The number of nitrogens with zero attached hydrogens (tertiary/aromatic N) is 1. The van der Waals surface area contributed by atoms with E-state index in [9.17, 15) is 4.79 Å². The molecule has 0 spiro atoms. The minimum atomic E-state index is -0.941. The molecule has 0 bridgehead atoms. The van der Waals surface area contributed by atoms with Gasteiger partial charge in [0.1, 0.15) is 11.3 Å². The number of imidazole rings is 1. The highest BCUT2D eigenvalue weighted by Gasteiger charge is 2.33. The van der Waals surface area contributed by atoms with E-state index >= 15 is 0 Å². The molecule has 7 heteroatoms. The molecule has 1 atom stereocenters. The summed E-state index contributed by atoms with van der Waals surface area (Å²) in [5.74, 6) is -0.119. The van der Waals surface area contributed by atoms with Crippen LogP contribution in [0.25, 0.3) is 11.0 Å². The molecule has 1 fully saturated rings. The van der Waals surface area contributed by atoms with Gasteiger partial charge in [0.25, 0.3) is 0 Å². The Labute approximate surface area is 129 Å². The maximum Gasteiger partial charge on any atom is 0.337 e. The summed E-state index contributed by atoms with van der Waals surface area (Å²) in [6.45, 7) is 3.07. The fourth-order valence-electron chi connectivity index (χ4n) is 2.56. The SMILES string of the molecule is C[C@@]1(c2nc3c(C(=O)O)cccc3[nH]2)CCCN1.Cl.Cl. The summed E-state index contributed by atoms with van der Waals surface area (Å²) in [6, 6.07) is 5.18. The average Bonchev–Trinajstić information content (AvgIpc) is 2.94. The normalized spacial score (nSPS) is 21.2. The number of hydrogen-bond acceptors (Lipinski definition) is 3. The Bertz CT molecular complexity index is 621. The van der Waals surface area contributed by atoms with Crippen molar-refractivity contribution in [3.05, 3.63) is 29.6 Å². The summed E-state index contributed by atoms with van der Waals surface area (Å²) in [5.41, 5.74) is 1.39. The summed E-state index contributed by atoms with van der Waals surface area (Å²) < 4.78 is 0. The highest BCUT2D eigenvalue weighted by Crippen LogP contribution is 2.30. The van der Waals surface area contributed by atoms with Crippen molar-refractivity contribution in [3.63, 3.8) is 0 Å². The van der Waals surface area contributed by atoms with E-state index in [1.54, 1.807) is 12.1 Å². The van der Waals surface area contributed by atoms with Crippen LogP contribution >= 0.6 is 24.8 Å². The van der Waals surface area contributed by atoms with E-state index in [4.69, 9.17) is 5.11 Å². The molecule has 110 valence electrons. The van der Waals surface area contributed by atoms with Crippen LogP contribution in [-0.4, -0.2) is 27.6 Å². The van der Waals surface area contributed by atoms with Gasteiger partial charge in [0.15, 0.2) is 0 Å². The Kier molecular flexibility index (Phi) is 5.02. The lowest BCUT2D eigenvalue weighted by Gasteiger charge is -2.21. The second-order valence-electron chi connectivity index (χ2n) is 4.95. The Morgan fingerprint density at radius 2 is 2.15 bits per heavy atom. The zero-order chi connectivity index (χ0) is 12.8. The van der Waals surface area contributed by atoms with Gasteiger partial charge in [-0.2, -0.15) is 0 Å². The van der Waals surface area contributed by atoms with E-state index in [0.29, 0.717) is 5.52 Å². The maximum atomic E-state index is 11.2. The molecule has 0 saturated carbocycles. The van der Waals surface area contributed by atoms with Crippen molar-refractivity contribution in [2.75, 3.05) is 6.54 Å². The van der Waals surface area contributed by atoms with Crippen LogP contribution in [0, 0.1) is 0 Å². The largest absolute Gasteiger partial charge is 0.478 e. The molecule has 1 aromatic heterocycles. The van der Waals surface area contributed by atoms with Gasteiger partial charge in [0.05, 0.1) is 16.6 Å². The number of H-pyrrole nitrogens is 1. The number of fused-ring (bicyclic) bond motifs is 1. The van der Waals surface area contributed by atoms with Gasteiger partial charge in [-0.05, 0) is 38.4 Å². The molecule has 2 heterocycles. The maximum absolute atomic E-state index is 11.2. The van der Waals surface area contributed by atoms with E-state index in [0.717, 1.165) is 30.7 Å². The van der Waals surface area contributed by atoms with E-state index < -0.39 is 5.97 Å². The number of aromatic nitrogens is 2. The molecule has 5 nitrogen and oxygen atoms in total. The number of aromatic carboxylic acids is 1. The third kappa shape index (κ3) is 2.61. The third-order valence-corrected chi connectivity index (χ3v) is 3.63. The van der Waals surface area contributed by atoms with Crippen molar-refractivity contribution in [1.82, 2.24) is 15.3 Å². The lowest BCUT2D eigenvalue weighted by molar-refractivity contribution is 0.0699. The molecule has 0 aliphatic carbocycles. The standard InChI is InChI=1S/C13H15N3O2.2ClH/c1-13(6-3-7-14-13)12-15-9-5-2-4-8(11(17)18)10(9)16-12;;/h2,4-5,14H,3,6-7H2,1H3,(H,15,16)(H,17,18);2*1H/t13-;;/m0../s1. The Balaban J connectivity index is 0.000001000. The van der Waals surface area contributed by atoms with Crippen LogP contribution in [-0.2, 0) is 5.54 Å². The monoisotopic (exact) mass is 317 g/mol. The first-order chi connectivity index (χ1) is 8.60. The number of hydrogen-bond donors (Lipinski definition) is 3. The summed E-state index contributed by atoms with van der Waals surface area (Å²) >= 11 is 0. The van der Waals surface area contributed by atoms with Gasteiger partial charge in [0, 0.05) is 0 Å². The highest BCUT2D eigenvalue weighted by atomic mass is 35.5. The van der Waals surface area contributed by atoms with E-state index in [1.165, 1.54) is 0 Å². The van der Waals surface area contributed by atoms with Gasteiger partial charge in [-0.1, -0.05) is 6.07 Å². The van der Waals surface area contributed by atoms with Crippen molar-refractivity contribution in [3.8, 4) is 0 Å². The first kappa shape index (κ1) is 16.8. The lowest BCUT2D eigenvalue weighted by atomic mass is 10.00. The number of nitrogens with one attached hydrogen (secondary N) is 2. The molecular formula is C13H17Cl2N3O2. The molecule has 3 N–H and O–H groups in total. The van der Waals surface area contributed by atoms with Crippen molar-refractivity contribution in [1.29, 1.82) is 0 Å².